The SMILES string of the molecule is Cc1cccn2cc(CN3CCC(CCC(=O)O)C3)nc12. The first-order chi connectivity index (χ1) is 10.1. The van der Waals surface area contributed by atoms with Gasteiger partial charge in [-0.05, 0) is 43.9 Å². The largest absolute Gasteiger partial charge is 0.481 e. The molecule has 1 atom stereocenters. The Labute approximate surface area is 124 Å². The van der Waals surface area contributed by atoms with E-state index in [0.717, 1.165) is 43.8 Å². The van der Waals surface area contributed by atoms with Gasteiger partial charge in [0.15, 0.2) is 0 Å². The van der Waals surface area contributed by atoms with Gasteiger partial charge in [0.25, 0.3) is 0 Å². The van der Waals surface area contributed by atoms with Crippen molar-refractivity contribution < 1.29 is 9.90 Å². The second kappa shape index (κ2) is 5.85. The van der Waals surface area contributed by atoms with Crippen LogP contribution in [0.5, 0.6) is 0 Å². The third-order valence-corrected chi connectivity index (χ3v) is 4.25. The van der Waals surface area contributed by atoms with Crippen LogP contribution in [0.2, 0.25) is 0 Å². The van der Waals surface area contributed by atoms with Gasteiger partial charge in [0, 0.05) is 31.9 Å². The van der Waals surface area contributed by atoms with Crippen molar-refractivity contribution >= 4 is 11.6 Å². The quantitative estimate of drug-likeness (QED) is 0.917. The van der Waals surface area contributed by atoms with Gasteiger partial charge in [-0.25, -0.2) is 4.98 Å². The number of carboxylic acid groups (broad SMARTS) is 1. The monoisotopic (exact) mass is 287 g/mol. The maximum absolute atomic E-state index is 10.6. The van der Waals surface area contributed by atoms with E-state index < -0.39 is 5.97 Å². The number of likely N-dealkylation sites (tertiary alicyclic amines) is 1. The Balaban J connectivity index is 1.61. The molecule has 2 aromatic heterocycles. The van der Waals surface area contributed by atoms with Gasteiger partial charge in [0.2, 0.25) is 0 Å². The zero-order valence-corrected chi connectivity index (χ0v) is 12.3. The number of fused-ring (bicyclic) bond motifs is 1. The normalized spacial score (nSPS) is 19.4. The number of nitrogens with zero attached hydrogens (tertiary/aromatic N) is 3. The molecule has 0 saturated carbocycles. The number of pyridine rings is 1. The number of rotatable bonds is 5. The van der Waals surface area contributed by atoms with Crippen LogP contribution in [-0.2, 0) is 11.3 Å². The van der Waals surface area contributed by atoms with E-state index in [-0.39, 0.29) is 6.42 Å². The Morgan fingerprint density at radius 3 is 3.14 bits per heavy atom. The van der Waals surface area contributed by atoms with Crippen LogP contribution in [-0.4, -0.2) is 38.4 Å². The Morgan fingerprint density at radius 1 is 1.52 bits per heavy atom. The number of hydrogen-bond donors (Lipinski definition) is 1. The number of hydrogen-bond acceptors (Lipinski definition) is 3. The van der Waals surface area contributed by atoms with Crippen LogP contribution in [0.25, 0.3) is 5.65 Å². The van der Waals surface area contributed by atoms with Crippen molar-refractivity contribution in [2.45, 2.75) is 32.7 Å². The van der Waals surface area contributed by atoms with Crippen LogP contribution >= 0.6 is 0 Å². The number of aliphatic carboxylic acids is 1. The van der Waals surface area contributed by atoms with Crippen molar-refractivity contribution in [3.05, 3.63) is 35.8 Å². The summed E-state index contributed by atoms with van der Waals surface area (Å²) in [6.07, 6.45) is 6.28. The molecule has 1 N–H and O–H groups in total. The Kier molecular flexibility index (Phi) is 3.92. The van der Waals surface area contributed by atoms with E-state index in [9.17, 15) is 4.79 Å². The minimum Gasteiger partial charge on any atom is -0.481 e. The van der Waals surface area contributed by atoms with Gasteiger partial charge in [-0.1, -0.05) is 6.07 Å². The van der Waals surface area contributed by atoms with E-state index in [4.69, 9.17) is 10.1 Å². The molecule has 1 fully saturated rings. The maximum Gasteiger partial charge on any atom is 0.303 e. The summed E-state index contributed by atoms with van der Waals surface area (Å²) in [6, 6.07) is 4.11. The molecule has 3 rings (SSSR count). The first-order valence-electron chi connectivity index (χ1n) is 7.49. The molecule has 0 amide bonds. The molecule has 21 heavy (non-hydrogen) atoms. The lowest BCUT2D eigenvalue weighted by molar-refractivity contribution is -0.137. The molecule has 0 bridgehead atoms. The standard InChI is InChI=1S/C16H21N3O2/c1-12-3-2-7-19-11-14(17-16(12)19)10-18-8-6-13(9-18)4-5-15(20)21/h2-3,7,11,13H,4-6,8-10H2,1H3,(H,20,21). The molecule has 112 valence electrons. The van der Waals surface area contributed by atoms with Gasteiger partial charge in [-0.3, -0.25) is 9.69 Å². The van der Waals surface area contributed by atoms with Crippen LogP contribution in [0, 0.1) is 12.8 Å². The highest BCUT2D eigenvalue weighted by Gasteiger charge is 2.23. The van der Waals surface area contributed by atoms with E-state index in [2.05, 4.69) is 28.5 Å². The number of imidazole rings is 1. The molecule has 0 aliphatic carbocycles. The van der Waals surface area contributed by atoms with Crippen LogP contribution in [0.1, 0.15) is 30.5 Å². The van der Waals surface area contributed by atoms with Gasteiger partial charge < -0.3 is 9.51 Å². The summed E-state index contributed by atoms with van der Waals surface area (Å²) in [5.74, 6) is -0.177. The molecular formula is C16H21N3O2. The number of carboxylic acids is 1. The minimum absolute atomic E-state index is 0.284. The summed E-state index contributed by atoms with van der Waals surface area (Å²) in [4.78, 5) is 17.7. The highest BCUT2D eigenvalue weighted by molar-refractivity contribution is 5.66. The van der Waals surface area contributed by atoms with Gasteiger partial charge in [-0.15, -0.1) is 0 Å². The third-order valence-electron chi connectivity index (χ3n) is 4.25. The predicted octanol–water partition coefficient (Wildman–Crippen LogP) is 2.33. The Bertz CT molecular complexity index is 650. The van der Waals surface area contributed by atoms with Gasteiger partial charge in [-0.2, -0.15) is 0 Å². The molecule has 3 heterocycles. The predicted molar refractivity (Wildman–Crippen MR) is 80.2 cm³/mol. The summed E-state index contributed by atoms with van der Waals surface area (Å²) in [5.41, 5.74) is 3.29. The van der Waals surface area contributed by atoms with E-state index in [1.54, 1.807) is 0 Å². The number of aromatic nitrogens is 2. The van der Waals surface area contributed by atoms with E-state index >= 15 is 0 Å². The Morgan fingerprint density at radius 2 is 2.38 bits per heavy atom. The number of carbonyl (C=O) groups is 1. The minimum atomic E-state index is -0.690. The fraction of sp³-hybridized carbons (Fsp3) is 0.500. The number of aryl methyl sites for hydroxylation is 1. The second-order valence-corrected chi connectivity index (χ2v) is 5.98. The van der Waals surface area contributed by atoms with Crippen molar-refractivity contribution in [2.24, 2.45) is 5.92 Å². The average Bonchev–Trinajstić information content (AvgIpc) is 3.04. The fourth-order valence-electron chi connectivity index (χ4n) is 3.13. The Hall–Kier alpha value is -1.88. The topological polar surface area (TPSA) is 57.8 Å². The van der Waals surface area contributed by atoms with E-state index in [1.165, 1.54) is 5.56 Å². The molecule has 0 aromatic carbocycles. The molecule has 5 nitrogen and oxygen atoms in total. The molecule has 2 aromatic rings. The lowest BCUT2D eigenvalue weighted by Crippen LogP contribution is -2.20. The molecular weight excluding hydrogens is 266 g/mol. The molecule has 0 spiro atoms. The molecule has 1 aliphatic heterocycles. The molecule has 0 radical (unpaired) electrons. The van der Waals surface area contributed by atoms with Crippen LogP contribution in [0.4, 0.5) is 0 Å². The van der Waals surface area contributed by atoms with E-state index in [1.807, 2.05) is 12.3 Å². The first-order valence-corrected chi connectivity index (χ1v) is 7.49. The lowest BCUT2D eigenvalue weighted by atomic mass is 10.0. The van der Waals surface area contributed by atoms with Crippen molar-refractivity contribution in [1.82, 2.24) is 14.3 Å². The summed E-state index contributed by atoms with van der Waals surface area (Å²) in [5, 5.41) is 8.76. The summed E-state index contributed by atoms with van der Waals surface area (Å²) < 4.78 is 2.07. The second-order valence-electron chi connectivity index (χ2n) is 5.98. The highest BCUT2D eigenvalue weighted by atomic mass is 16.4. The molecule has 5 heteroatoms. The van der Waals surface area contributed by atoms with Crippen molar-refractivity contribution in [2.75, 3.05) is 13.1 Å². The highest BCUT2D eigenvalue weighted by Crippen LogP contribution is 2.22. The first kappa shape index (κ1) is 14.1. The van der Waals surface area contributed by atoms with Crippen molar-refractivity contribution in [3.8, 4) is 0 Å². The van der Waals surface area contributed by atoms with Crippen molar-refractivity contribution in [3.63, 3.8) is 0 Å². The van der Waals surface area contributed by atoms with Crippen LogP contribution in [0.15, 0.2) is 24.5 Å². The van der Waals surface area contributed by atoms with Gasteiger partial charge in [0.05, 0.1) is 5.69 Å². The van der Waals surface area contributed by atoms with Crippen molar-refractivity contribution in [1.29, 1.82) is 0 Å². The zero-order valence-electron chi connectivity index (χ0n) is 12.3. The summed E-state index contributed by atoms with van der Waals surface area (Å²) >= 11 is 0. The summed E-state index contributed by atoms with van der Waals surface area (Å²) in [7, 11) is 0. The summed E-state index contributed by atoms with van der Waals surface area (Å²) in [6.45, 7) is 4.95. The van der Waals surface area contributed by atoms with Gasteiger partial charge >= 0.3 is 5.97 Å². The fourth-order valence-corrected chi connectivity index (χ4v) is 3.13. The van der Waals surface area contributed by atoms with Crippen LogP contribution < -0.4 is 0 Å². The van der Waals surface area contributed by atoms with E-state index in [0.29, 0.717) is 5.92 Å². The molecule has 1 aliphatic rings. The smallest absolute Gasteiger partial charge is 0.303 e. The maximum atomic E-state index is 10.6. The van der Waals surface area contributed by atoms with Crippen LogP contribution in [0.3, 0.4) is 0 Å². The van der Waals surface area contributed by atoms with Gasteiger partial charge in [0.1, 0.15) is 5.65 Å². The lowest BCUT2D eigenvalue weighted by Gasteiger charge is -2.13. The third kappa shape index (κ3) is 3.24. The molecule has 1 saturated heterocycles. The average molecular weight is 287 g/mol. The molecule has 1 unspecified atom stereocenters. The zero-order chi connectivity index (χ0) is 14.8.